The second-order valence-electron chi connectivity index (χ2n) is 9.03. The van der Waals surface area contributed by atoms with Gasteiger partial charge in [0.05, 0.1) is 19.8 Å². The molecule has 2 fully saturated rings. The lowest BCUT2D eigenvalue weighted by Gasteiger charge is -2.35. The summed E-state index contributed by atoms with van der Waals surface area (Å²) in [6.07, 6.45) is 1.44. The molecule has 0 radical (unpaired) electrons. The number of sulfonamides is 1. The lowest BCUT2D eigenvalue weighted by Crippen LogP contribution is -2.50. The number of likely N-dealkylation sites (tertiary alicyclic amines) is 1. The average molecular weight is 553 g/mol. The van der Waals surface area contributed by atoms with E-state index in [4.69, 9.17) is 14.2 Å². The van der Waals surface area contributed by atoms with Gasteiger partial charge in [-0.3, -0.25) is 4.79 Å². The Bertz CT molecular complexity index is 1170. The Balaban J connectivity index is 1.36. The van der Waals surface area contributed by atoms with Gasteiger partial charge >= 0.3 is 12.1 Å². The van der Waals surface area contributed by atoms with Gasteiger partial charge in [0.25, 0.3) is 10.0 Å². The zero-order valence-corrected chi connectivity index (χ0v) is 22.3. The van der Waals surface area contributed by atoms with Crippen LogP contribution in [0.15, 0.2) is 40.6 Å². The molecule has 3 heterocycles. The van der Waals surface area contributed by atoms with E-state index in [0.717, 1.165) is 27.5 Å². The summed E-state index contributed by atoms with van der Waals surface area (Å²) in [4.78, 5) is 26.8. The minimum Gasteiger partial charge on any atom is -0.494 e. The maximum absolute atomic E-state index is 13.1. The number of carboxylic acids is 1. The van der Waals surface area contributed by atoms with Gasteiger partial charge in [0.1, 0.15) is 22.1 Å². The summed E-state index contributed by atoms with van der Waals surface area (Å²) >= 11 is 1.07. The quantitative estimate of drug-likeness (QED) is 0.483. The van der Waals surface area contributed by atoms with E-state index in [1.54, 1.807) is 11.0 Å². The van der Waals surface area contributed by atoms with Crippen molar-refractivity contribution in [2.45, 2.75) is 49.0 Å². The van der Waals surface area contributed by atoms with E-state index >= 15 is 0 Å². The first-order valence-electron chi connectivity index (χ1n) is 12.4. The smallest absolute Gasteiger partial charge is 0.410 e. The molecule has 2 saturated heterocycles. The molecule has 10 nitrogen and oxygen atoms in total. The van der Waals surface area contributed by atoms with Crippen molar-refractivity contribution in [2.75, 3.05) is 32.9 Å². The lowest BCUT2D eigenvalue weighted by atomic mass is 9.90. The minimum absolute atomic E-state index is 0.0418. The minimum atomic E-state index is -4.06. The van der Waals surface area contributed by atoms with Crippen molar-refractivity contribution in [3.8, 4) is 16.2 Å². The highest BCUT2D eigenvalue weighted by Gasteiger charge is 2.37. The van der Waals surface area contributed by atoms with Crippen molar-refractivity contribution in [1.82, 2.24) is 9.62 Å². The van der Waals surface area contributed by atoms with Crippen LogP contribution in [0.1, 0.15) is 32.6 Å². The van der Waals surface area contributed by atoms with Gasteiger partial charge < -0.3 is 24.2 Å². The van der Waals surface area contributed by atoms with Crippen LogP contribution in [0.25, 0.3) is 10.4 Å². The second kappa shape index (κ2) is 12.2. The van der Waals surface area contributed by atoms with Gasteiger partial charge in [-0.15, -0.1) is 11.3 Å². The molecule has 1 amide bonds. The third-order valence-electron chi connectivity index (χ3n) is 6.55. The van der Waals surface area contributed by atoms with Crippen LogP contribution in [0.3, 0.4) is 0 Å². The SMILES string of the molecule is CCOc1ccc(-c2ccc(S(=O)(=O)N[C@@H](C(=O)O)C3CCN(C(=O)OC4CCOCC4)CC3)s2)cc1. The number of hydrogen-bond donors (Lipinski definition) is 2. The standard InChI is InChI=1S/C25H32N2O8S2/c1-2-34-19-5-3-17(4-6-19)21-7-8-22(36-21)37(31,32)26-23(24(28)29)18-9-13-27(14-10-18)25(30)35-20-11-15-33-16-12-20/h3-8,18,20,23,26H,2,9-16H2,1H3,(H,28,29)/t23-/m1/s1. The van der Waals surface area contributed by atoms with Crippen LogP contribution in [-0.2, 0) is 24.3 Å². The Morgan fingerprint density at radius 2 is 1.78 bits per heavy atom. The predicted molar refractivity (Wildman–Crippen MR) is 137 cm³/mol. The van der Waals surface area contributed by atoms with Gasteiger partial charge in [-0.2, -0.15) is 4.72 Å². The molecular weight excluding hydrogens is 520 g/mol. The van der Waals surface area contributed by atoms with E-state index in [2.05, 4.69) is 4.72 Å². The molecule has 0 bridgehead atoms. The topological polar surface area (TPSA) is 131 Å². The summed E-state index contributed by atoms with van der Waals surface area (Å²) in [5.41, 5.74) is 0.838. The van der Waals surface area contributed by atoms with Crippen LogP contribution >= 0.6 is 11.3 Å². The number of nitrogens with one attached hydrogen (secondary N) is 1. The van der Waals surface area contributed by atoms with Crippen molar-refractivity contribution >= 4 is 33.4 Å². The first kappa shape index (κ1) is 27.4. The summed E-state index contributed by atoms with van der Waals surface area (Å²) in [5, 5.41) is 9.83. The molecule has 0 unspecified atom stereocenters. The molecule has 1 atom stereocenters. The predicted octanol–water partition coefficient (Wildman–Crippen LogP) is 3.57. The third kappa shape index (κ3) is 7.01. The van der Waals surface area contributed by atoms with Crippen LogP contribution in [0.2, 0.25) is 0 Å². The molecule has 2 aliphatic heterocycles. The van der Waals surface area contributed by atoms with Crippen LogP contribution < -0.4 is 9.46 Å². The van der Waals surface area contributed by atoms with Gasteiger partial charge in [-0.1, -0.05) is 0 Å². The monoisotopic (exact) mass is 552 g/mol. The summed E-state index contributed by atoms with van der Waals surface area (Å²) in [6.45, 7) is 4.18. The van der Waals surface area contributed by atoms with Gasteiger partial charge in [-0.05, 0) is 67.6 Å². The first-order chi connectivity index (χ1) is 17.8. The summed E-state index contributed by atoms with van der Waals surface area (Å²) in [5.74, 6) is -0.968. The van der Waals surface area contributed by atoms with Gasteiger partial charge in [-0.25, -0.2) is 13.2 Å². The largest absolute Gasteiger partial charge is 0.494 e. The van der Waals surface area contributed by atoms with Gasteiger partial charge in [0.15, 0.2) is 0 Å². The van der Waals surface area contributed by atoms with E-state index in [1.807, 2.05) is 31.2 Å². The molecule has 2 aromatic rings. The number of carbonyl (C=O) groups is 2. The highest BCUT2D eigenvalue weighted by atomic mass is 32.2. The van der Waals surface area contributed by atoms with Crippen LogP contribution in [0.4, 0.5) is 4.79 Å². The molecule has 202 valence electrons. The molecule has 0 spiro atoms. The number of carboxylic acid groups (broad SMARTS) is 1. The second-order valence-corrected chi connectivity index (χ2v) is 12.1. The highest BCUT2D eigenvalue weighted by Crippen LogP contribution is 2.32. The van der Waals surface area contributed by atoms with E-state index in [-0.39, 0.29) is 10.3 Å². The number of nitrogens with zero attached hydrogens (tertiary/aromatic N) is 1. The van der Waals surface area contributed by atoms with Crippen molar-refractivity contribution in [1.29, 1.82) is 0 Å². The Morgan fingerprint density at radius 1 is 1.11 bits per heavy atom. The number of benzene rings is 1. The molecule has 0 saturated carbocycles. The summed E-state index contributed by atoms with van der Waals surface area (Å²) in [6, 6.07) is 9.21. The van der Waals surface area contributed by atoms with E-state index in [1.165, 1.54) is 6.07 Å². The highest BCUT2D eigenvalue weighted by molar-refractivity contribution is 7.91. The zero-order chi connectivity index (χ0) is 26.4. The third-order valence-corrected chi connectivity index (χ3v) is 9.62. The summed E-state index contributed by atoms with van der Waals surface area (Å²) < 4.78 is 44.9. The fourth-order valence-corrected chi connectivity index (χ4v) is 7.09. The molecule has 2 N–H and O–H groups in total. The molecule has 4 rings (SSSR count). The number of rotatable bonds is 9. The number of thiophene rings is 1. The Hall–Kier alpha value is -2.67. The molecule has 1 aromatic carbocycles. The number of aliphatic carboxylic acids is 1. The van der Waals surface area contributed by atoms with Gasteiger partial charge in [0, 0.05) is 30.8 Å². The first-order valence-corrected chi connectivity index (χ1v) is 14.7. The number of ether oxygens (including phenoxy) is 3. The molecule has 0 aliphatic carbocycles. The molecule has 37 heavy (non-hydrogen) atoms. The van der Waals surface area contributed by atoms with Crippen LogP contribution in [-0.4, -0.2) is 75.5 Å². The average Bonchev–Trinajstić information content (AvgIpc) is 3.40. The Morgan fingerprint density at radius 3 is 2.41 bits per heavy atom. The molecule has 1 aromatic heterocycles. The van der Waals surface area contributed by atoms with Crippen LogP contribution in [0, 0.1) is 5.92 Å². The zero-order valence-electron chi connectivity index (χ0n) is 20.6. The van der Waals surface area contributed by atoms with Crippen molar-refractivity contribution in [2.24, 2.45) is 5.92 Å². The molecule has 12 heteroatoms. The fraction of sp³-hybridized carbons (Fsp3) is 0.520. The number of piperidine rings is 1. The van der Waals surface area contributed by atoms with Crippen molar-refractivity contribution in [3.63, 3.8) is 0 Å². The van der Waals surface area contributed by atoms with Crippen molar-refractivity contribution < 1.29 is 37.3 Å². The number of amides is 1. The van der Waals surface area contributed by atoms with E-state index in [9.17, 15) is 23.1 Å². The fourth-order valence-electron chi connectivity index (χ4n) is 4.50. The summed E-state index contributed by atoms with van der Waals surface area (Å²) in [7, 11) is -4.06. The number of carbonyl (C=O) groups excluding carboxylic acids is 1. The molecular formula is C25H32N2O8S2. The van der Waals surface area contributed by atoms with E-state index < -0.39 is 34.0 Å². The maximum atomic E-state index is 13.1. The van der Waals surface area contributed by atoms with Crippen molar-refractivity contribution in [3.05, 3.63) is 36.4 Å². The lowest BCUT2D eigenvalue weighted by molar-refractivity contribution is -0.140. The van der Waals surface area contributed by atoms with Crippen LogP contribution in [0.5, 0.6) is 5.75 Å². The normalized spacial score (nSPS) is 18.4. The number of hydrogen-bond acceptors (Lipinski definition) is 8. The Labute approximate surface area is 220 Å². The van der Waals surface area contributed by atoms with Gasteiger partial charge in [0.2, 0.25) is 0 Å². The van der Waals surface area contributed by atoms with E-state index in [0.29, 0.717) is 58.6 Å². The molecule has 2 aliphatic rings. The Kier molecular flexibility index (Phi) is 9.06. The maximum Gasteiger partial charge on any atom is 0.410 e.